The van der Waals surface area contributed by atoms with Crippen molar-refractivity contribution >= 4 is 10.9 Å². The van der Waals surface area contributed by atoms with E-state index >= 15 is 0 Å². The fourth-order valence-electron chi connectivity index (χ4n) is 2.52. The monoisotopic (exact) mass is 273 g/mol. The Hall–Kier alpha value is -1.88. The third kappa shape index (κ3) is 2.82. The van der Waals surface area contributed by atoms with Crippen LogP contribution in [-0.4, -0.2) is 36.8 Å². The van der Waals surface area contributed by atoms with Gasteiger partial charge in [-0.1, -0.05) is 0 Å². The van der Waals surface area contributed by atoms with Crippen LogP contribution in [0.5, 0.6) is 11.5 Å². The molecule has 0 radical (unpaired) electrons. The van der Waals surface area contributed by atoms with Crippen molar-refractivity contribution in [3.05, 3.63) is 24.7 Å². The average molecular weight is 273 g/mol. The first-order valence-electron chi connectivity index (χ1n) is 6.98. The molecule has 1 aromatic heterocycles. The highest BCUT2D eigenvalue weighted by atomic mass is 16.5. The smallest absolute Gasteiger partial charge is 0.162 e. The second-order valence-electron chi connectivity index (χ2n) is 5.09. The Labute approximate surface area is 118 Å². The van der Waals surface area contributed by atoms with Crippen molar-refractivity contribution in [1.82, 2.24) is 15.3 Å². The summed E-state index contributed by atoms with van der Waals surface area (Å²) in [7, 11) is 1.65. The fraction of sp³-hybridized carbons (Fsp3) is 0.467. The summed E-state index contributed by atoms with van der Waals surface area (Å²) in [5.74, 6) is 2.11. The zero-order valence-corrected chi connectivity index (χ0v) is 11.6. The molecule has 20 heavy (non-hydrogen) atoms. The number of aromatic nitrogens is 2. The molecule has 0 aliphatic carbocycles. The van der Waals surface area contributed by atoms with Crippen molar-refractivity contribution < 1.29 is 9.47 Å². The lowest BCUT2D eigenvalue weighted by atomic mass is 9.99. The van der Waals surface area contributed by atoms with Crippen molar-refractivity contribution in [3.63, 3.8) is 0 Å². The maximum Gasteiger partial charge on any atom is 0.162 e. The molecule has 1 saturated heterocycles. The van der Waals surface area contributed by atoms with Gasteiger partial charge in [0.05, 0.1) is 19.2 Å². The Morgan fingerprint density at radius 1 is 1.25 bits per heavy atom. The molecule has 106 valence electrons. The predicted octanol–water partition coefficient (Wildman–Crippen LogP) is 2.02. The largest absolute Gasteiger partial charge is 0.493 e. The average Bonchev–Trinajstić information content (AvgIpc) is 2.53. The molecule has 0 unspecified atom stereocenters. The van der Waals surface area contributed by atoms with Gasteiger partial charge in [-0.15, -0.1) is 0 Å². The lowest BCUT2D eigenvalue weighted by Gasteiger charge is -2.23. The van der Waals surface area contributed by atoms with Gasteiger partial charge in [0.1, 0.15) is 6.33 Å². The molecule has 5 heteroatoms. The number of piperidine rings is 1. The Balaban J connectivity index is 1.78. The van der Waals surface area contributed by atoms with Gasteiger partial charge in [-0.3, -0.25) is 0 Å². The van der Waals surface area contributed by atoms with E-state index in [-0.39, 0.29) is 0 Å². The van der Waals surface area contributed by atoms with E-state index in [1.165, 1.54) is 19.2 Å². The summed E-state index contributed by atoms with van der Waals surface area (Å²) in [5.41, 5.74) is 0.867. The molecule has 0 amide bonds. The molecular formula is C15H19N3O2. The quantitative estimate of drug-likeness (QED) is 0.923. The van der Waals surface area contributed by atoms with Crippen molar-refractivity contribution in [2.24, 2.45) is 5.92 Å². The van der Waals surface area contributed by atoms with Crippen molar-refractivity contribution in [2.45, 2.75) is 12.8 Å². The summed E-state index contributed by atoms with van der Waals surface area (Å²) in [5, 5.41) is 4.33. The number of hydrogen-bond donors (Lipinski definition) is 1. The van der Waals surface area contributed by atoms with Crippen LogP contribution in [0, 0.1) is 5.92 Å². The first-order valence-corrected chi connectivity index (χ1v) is 6.98. The minimum Gasteiger partial charge on any atom is -0.493 e. The minimum absolute atomic E-state index is 0.615. The Bertz CT molecular complexity index is 582. The molecule has 1 fully saturated rings. The Kier molecular flexibility index (Phi) is 3.97. The molecule has 1 aliphatic heterocycles. The molecule has 2 heterocycles. The van der Waals surface area contributed by atoms with Crippen molar-refractivity contribution in [1.29, 1.82) is 0 Å². The fourth-order valence-corrected chi connectivity index (χ4v) is 2.52. The van der Waals surface area contributed by atoms with Crippen LogP contribution in [0.3, 0.4) is 0 Å². The summed E-state index contributed by atoms with van der Waals surface area (Å²) in [6.45, 7) is 2.89. The summed E-state index contributed by atoms with van der Waals surface area (Å²) >= 11 is 0. The van der Waals surface area contributed by atoms with Gasteiger partial charge in [-0.25, -0.2) is 9.97 Å². The highest BCUT2D eigenvalue weighted by Gasteiger charge is 2.15. The highest BCUT2D eigenvalue weighted by Crippen LogP contribution is 2.31. The number of ether oxygens (including phenoxy) is 2. The van der Waals surface area contributed by atoms with Gasteiger partial charge < -0.3 is 14.8 Å². The van der Waals surface area contributed by atoms with Crippen LogP contribution in [0.1, 0.15) is 12.8 Å². The van der Waals surface area contributed by atoms with Gasteiger partial charge in [0.25, 0.3) is 0 Å². The first-order chi connectivity index (χ1) is 9.86. The number of fused-ring (bicyclic) bond motifs is 1. The standard InChI is InChI=1S/C15H19N3O2/c1-19-14-7-13-12(8-17-10-18-13)6-15(14)20-9-11-2-4-16-5-3-11/h6-8,10-11,16H,2-5,9H2,1H3. The van der Waals surface area contributed by atoms with E-state index in [0.29, 0.717) is 5.92 Å². The van der Waals surface area contributed by atoms with Crippen LogP contribution < -0.4 is 14.8 Å². The third-order valence-electron chi connectivity index (χ3n) is 3.72. The molecule has 1 aliphatic rings. The van der Waals surface area contributed by atoms with Gasteiger partial charge in [-0.05, 0) is 37.9 Å². The van der Waals surface area contributed by atoms with E-state index in [9.17, 15) is 0 Å². The molecule has 0 bridgehead atoms. The molecule has 3 rings (SSSR count). The highest BCUT2D eigenvalue weighted by molar-refractivity contribution is 5.81. The summed E-state index contributed by atoms with van der Waals surface area (Å²) in [4.78, 5) is 8.27. The molecular weight excluding hydrogens is 254 g/mol. The minimum atomic E-state index is 0.615. The van der Waals surface area contributed by atoms with E-state index in [1.807, 2.05) is 12.1 Å². The van der Waals surface area contributed by atoms with E-state index in [0.717, 1.165) is 42.1 Å². The maximum atomic E-state index is 5.97. The molecule has 0 saturated carbocycles. The Morgan fingerprint density at radius 3 is 2.90 bits per heavy atom. The van der Waals surface area contributed by atoms with Gasteiger partial charge in [0.15, 0.2) is 11.5 Å². The van der Waals surface area contributed by atoms with Gasteiger partial charge in [-0.2, -0.15) is 0 Å². The predicted molar refractivity (Wildman–Crippen MR) is 77.2 cm³/mol. The molecule has 1 N–H and O–H groups in total. The molecule has 0 atom stereocenters. The van der Waals surface area contributed by atoms with E-state index in [2.05, 4.69) is 15.3 Å². The van der Waals surface area contributed by atoms with Crippen LogP contribution in [0.25, 0.3) is 10.9 Å². The molecule has 1 aromatic carbocycles. The topological polar surface area (TPSA) is 56.3 Å². The third-order valence-corrected chi connectivity index (χ3v) is 3.72. The van der Waals surface area contributed by atoms with Gasteiger partial charge in [0, 0.05) is 17.6 Å². The number of nitrogens with one attached hydrogen (secondary N) is 1. The van der Waals surface area contributed by atoms with Crippen molar-refractivity contribution in [3.8, 4) is 11.5 Å². The van der Waals surface area contributed by atoms with E-state index in [4.69, 9.17) is 9.47 Å². The van der Waals surface area contributed by atoms with Crippen molar-refractivity contribution in [2.75, 3.05) is 26.8 Å². The number of hydrogen-bond acceptors (Lipinski definition) is 5. The van der Waals surface area contributed by atoms with Gasteiger partial charge in [0.2, 0.25) is 0 Å². The summed E-state index contributed by atoms with van der Waals surface area (Å²) < 4.78 is 11.4. The van der Waals surface area contributed by atoms with Crippen LogP contribution >= 0.6 is 0 Å². The maximum absolute atomic E-state index is 5.97. The SMILES string of the molecule is COc1cc2ncncc2cc1OCC1CCNCC1. The van der Waals surface area contributed by atoms with Crippen LogP contribution in [-0.2, 0) is 0 Å². The number of benzene rings is 1. The molecule has 2 aromatic rings. The molecule has 0 spiro atoms. The first kappa shape index (κ1) is 13.1. The Morgan fingerprint density at radius 2 is 2.10 bits per heavy atom. The summed E-state index contributed by atoms with van der Waals surface area (Å²) in [6.07, 6.45) is 5.66. The van der Waals surface area contributed by atoms with Crippen LogP contribution in [0.2, 0.25) is 0 Å². The number of methoxy groups -OCH3 is 1. The van der Waals surface area contributed by atoms with E-state index < -0.39 is 0 Å². The second-order valence-corrected chi connectivity index (χ2v) is 5.09. The number of rotatable bonds is 4. The van der Waals surface area contributed by atoms with Gasteiger partial charge >= 0.3 is 0 Å². The zero-order chi connectivity index (χ0) is 13.8. The lowest BCUT2D eigenvalue weighted by molar-refractivity contribution is 0.208. The molecule has 5 nitrogen and oxygen atoms in total. The summed E-state index contributed by atoms with van der Waals surface area (Å²) in [6, 6.07) is 3.85. The lowest BCUT2D eigenvalue weighted by Crippen LogP contribution is -2.30. The van der Waals surface area contributed by atoms with E-state index in [1.54, 1.807) is 13.3 Å². The number of nitrogens with zero attached hydrogens (tertiary/aromatic N) is 2. The van der Waals surface area contributed by atoms with Crippen LogP contribution in [0.15, 0.2) is 24.7 Å². The van der Waals surface area contributed by atoms with Crippen LogP contribution in [0.4, 0.5) is 0 Å². The second kappa shape index (κ2) is 6.05. The zero-order valence-electron chi connectivity index (χ0n) is 11.6. The normalized spacial score (nSPS) is 16.2.